The number of halogens is 3. The zero-order chi connectivity index (χ0) is 17.1. The molecule has 3 atom stereocenters. The van der Waals surface area contributed by atoms with Crippen LogP contribution >= 0.6 is 36.4 Å². The van der Waals surface area contributed by atoms with Crippen molar-refractivity contribution in [1.82, 2.24) is 10.6 Å². The Morgan fingerprint density at radius 2 is 2.19 bits per heavy atom. The molecule has 26 heavy (non-hydrogen) atoms. The van der Waals surface area contributed by atoms with Crippen LogP contribution in [0.4, 0.5) is 5.69 Å². The number of hydrogen-bond acceptors (Lipinski definition) is 5. The first-order chi connectivity index (χ1) is 11.6. The number of nitrogens with zero attached hydrogens (tertiary/aromatic N) is 1. The molecule has 2 aliphatic heterocycles. The molecule has 2 saturated heterocycles. The van der Waals surface area contributed by atoms with E-state index in [1.54, 1.807) is 7.11 Å². The second kappa shape index (κ2) is 10.4. The molecule has 148 valence electrons. The molecule has 9 heteroatoms. The topological polar surface area (TPSA) is 62.8 Å². The number of benzene rings is 1. The number of carbonyl (C=O) groups is 1. The van der Waals surface area contributed by atoms with E-state index in [0.717, 1.165) is 30.9 Å². The van der Waals surface area contributed by atoms with Crippen LogP contribution in [-0.2, 0) is 9.53 Å². The van der Waals surface area contributed by atoms with Crippen molar-refractivity contribution < 1.29 is 14.3 Å². The fourth-order valence-electron chi connectivity index (χ4n) is 3.33. The van der Waals surface area contributed by atoms with Crippen LogP contribution in [0.3, 0.4) is 0 Å². The molecular weight excluding hydrogens is 401 g/mol. The molecule has 2 fully saturated rings. The number of ether oxygens (including phenoxy) is 2. The standard InChI is InChI=1S/C17H24ClN3O3.2ClH/c1-11-16(19-6-8-24-11)17(22)20-13-5-7-21(10-13)14-9-12(18)3-4-15(14)23-2;;/h3-4,9,11,13,16,19H,5-8,10H2,1-2H3,(H,20,22);2*1H/t11-,13?,16+;;/m1../s1. The van der Waals surface area contributed by atoms with Gasteiger partial charge in [0.15, 0.2) is 0 Å². The molecule has 0 saturated carbocycles. The minimum atomic E-state index is -0.284. The van der Waals surface area contributed by atoms with Crippen molar-refractivity contribution in [2.75, 3.05) is 38.3 Å². The molecule has 1 aromatic carbocycles. The Labute approximate surface area is 171 Å². The van der Waals surface area contributed by atoms with Crippen LogP contribution in [0.15, 0.2) is 18.2 Å². The van der Waals surface area contributed by atoms with Crippen LogP contribution in [0, 0.1) is 0 Å². The first-order valence-electron chi connectivity index (χ1n) is 8.32. The highest BCUT2D eigenvalue weighted by Gasteiger charge is 2.32. The van der Waals surface area contributed by atoms with Crippen LogP contribution in [0.25, 0.3) is 0 Å². The number of carbonyl (C=O) groups excluding carboxylic acids is 1. The van der Waals surface area contributed by atoms with Crippen molar-refractivity contribution in [1.29, 1.82) is 0 Å². The highest BCUT2D eigenvalue weighted by Crippen LogP contribution is 2.33. The lowest BCUT2D eigenvalue weighted by atomic mass is 10.1. The second-order valence-electron chi connectivity index (χ2n) is 6.26. The lowest BCUT2D eigenvalue weighted by Gasteiger charge is -2.30. The first kappa shape index (κ1) is 23.1. The summed E-state index contributed by atoms with van der Waals surface area (Å²) < 4.78 is 11.0. The number of rotatable bonds is 4. The summed E-state index contributed by atoms with van der Waals surface area (Å²) in [5.74, 6) is 0.800. The van der Waals surface area contributed by atoms with Crippen molar-refractivity contribution in [3.63, 3.8) is 0 Å². The van der Waals surface area contributed by atoms with Gasteiger partial charge in [-0.2, -0.15) is 0 Å². The van der Waals surface area contributed by atoms with E-state index < -0.39 is 0 Å². The van der Waals surface area contributed by atoms with Gasteiger partial charge in [-0.1, -0.05) is 11.6 Å². The van der Waals surface area contributed by atoms with Gasteiger partial charge in [0.05, 0.1) is 25.5 Å². The normalized spacial score (nSPS) is 25.0. The van der Waals surface area contributed by atoms with Crippen LogP contribution in [0.1, 0.15) is 13.3 Å². The highest BCUT2D eigenvalue weighted by molar-refractivity contribution is 6.30. The average molecular weight is 427 g/mol. The third kappa shape index (κ3) is 5.30. The summed E-state index contributed by atoms with van der Waals surface area (Å²) in [6, 6.07) is 5.42. The number of methoxy groups -OCH3 is 1. The Balaban J connectivity index is 0.00000169. The Hall–Kier alpha value is -0.920. The lowest BCUT2D eigenvalue weighted by Crippen LogP contribution is -2.57. The van der Waals surface area contributed by atoms with Gasteiger partial charge >= 0.3 is 0 Å². The van der Waals surface area contributed by atoms with E-state index in [0.29, 0.717) is 18.2 Å². The zero-order valence-electron chi connectivity index (χ0n) is 14.9. The predicted octanol–water partition coefficient (Wildman–Crippen LogP) is 2.26. The van der Waals surface area contributed by atoms with Crippen molar-refractivity contribution in [3.8, 4) is 5.75 Å². The van der Waals surface area contributed by atoms with Gasteiger partial charge in [-0.15, -0.1) is 24.8 Å². The van der Waals surface area contributed by atoms with E-state index in [2.05, 4.69) is 15.5 Å². The minimum absolute atomic E-state index is 0. The van der Waals surface area contributed by atoms with Gasteiger partial charge in [0.25, 0.3) is 0 Å². The second-order valence-corrected chi connectivity index (χ2v) is 6.70. The van der Waals surface area contributed by atoms with E-state index in [-0.39, 0.29) is 48.9 Å². The summed E-state index contributed by atoms with van der Waals surface area (Å²) in [5, 5.41) is 7.03. The third-order valence-corrected chi connectivity index (χ3v) is 4.85. The number of anilines is 1. The molecular formula is C17H26Cl3N3O3. The van der Waals surface area contributed by atoms with Crippen molar-refractivity contribution >= 4 is 48.0 Å². The summed E-state index contributed by atoms with van der Waals surface area (Å²) in [7, 11) is 1.65. The summed E-state index contributed by atoms with van der Waals surface area (Å²) in [6.07, 6.45) is 0.785. The summed E-state index contributed by atoms with van der Waals surface area (Å²) in [4.78, 5) is 14.7. The van der Waals surface area contributed by atoms with Gasteiger partial charge < -0.3 is 25.0 Å². The summed E-state index contributed by atoms with van der Waals surface area (Å²) >= 11 is 6.12. The van der Waals surface area contributed by atoms with E-state index in [1.165, 1.54) is 0 Å². The molecule has 0 radical (unpaired) electrons. The molecule has 1 amide bonds. The molecule has 0 bridgehead atoms. The maximum atomic E-state index is 12.5. The van der Waals surface area contributed by atoms with E-state index >= 15 is 0 Å². The van der Waals surface area contributed by atoms with Gasteiger partial charge in [0.2, 0.25) is 5.91 Å². The highest BCUT2D eigenvalue weighted by atomic mass is 35.5. The fraction of sp³-hybridized carbons (Fsp3) is 0.588. The minimum Gasteiger partial charge on any atom is -0.495 e. The fourth-order valence-corrected chi connectivity index (χ4v) is 3.49. The largest absolute Gasteiger partial charge is 0.495 e. The average Bonchev–Trinajstić information content (AvgIpc) is 3.03. The maximum absolute atomic E-state index is 12.5. The third-order valence-electron chi connectivity index (χ3n) is 4.62. The van der Waals surface area contributed by atoms with Gasteiger partial charge in [0, 0.05) is 30.7 Å². The lowest BCUT2D eigenvalue weighted by molar-refractivity contribution is -0.129. The molecule has 1 unspecified atom stereocenters. The van der Waals surface area contributed by atoms with Gasteiger partial charge in [0.1, 0.15) is 11.8 Å². The van der Waals surface area contributed by atoms with Crippen LogP contribution < -0.4 is 20.3 Å². The Kier molecular flexibility index (Phi) is 9.27. The molecule has 2 aliphatic rings. The molecule has 2 N–H and O–H groups in total. The van der Waals surface area contributed by atoms with Gasteiger partial charge in [-0.3, -0.25) is 4.79 Å². The Bertz CT molecular complexity index is 606. The number of nitrogens with one attached hydrogen (secondary N) is 2. The number of morpholine rings is 1. The number of hydrogen-bond donors (Lipinski definition) is 2. The van der Waals surface area contributed by atoms with E-state index in [9.17, 15) is 4.79 Å². The quantitative estimate of drug-likeness (QED) is 0.773. The van der Waals surface area contributed by atoms with Gasteiger partial charge in [-0.05, 0) is 31.5 Å². The van der Waals surface area contributed by atoms with Crippen LogP contribution in [-0.4, -0.2) is 57.4 Å². The summed E-state index contributed by atoms with van der Waals surface area (Å²) in [5.41, 5.74) is 0.967. The molecule has 0 spiro atoms. The van der Waals surface area contributed by atoms with Crippen LogP contribution in [0.5, 0.6) is 5.75 Å². The summed E-state index contributed by atoms with van der Waals surface area (Å²) in [6.45, 7) is 4.88. The maximum Gasteiger partial charge on any atom is 0.240 e. The SMILES string of the molecule is COc1ccc(Cl)cc1N1CCC(NC(=O)[C@H]2NCCO[C@@H]2C)C1.Cl.Cl. The van der Waals surface area contributed by atoms with Gasteiger partial charge in [-0.25, -0.2) is 0 Å². The van der Waals surface area contributed by atoms with Crippen molar-refractivity contribution in [2.45, 2.75) is 31.5 Å². The molecule has 1 aromatic rings. The molecule has 0 aromatic heterocycles. The molecule has 0 aliphatic carbocycles. The molecule has 6 nitrogen and oxygen atoms in total. The first-order valence-corrected chi connectivity index (χ1v) is 8.70. The molecule has 2 heterocycles. The van der Waals surface area contributed by atoms with Crippen molar-refractivity contribution in [2.24, 2.45) is 0 Å². The zero-order valence-corrected chi connectivity index (χ0v) is 17.3. The van der Waals surface area contributed by atoms with E-state index in [4.69, 9.17) is 21.1 Å². The Morgan fingerprint density at radius 1 is 1.42 bits per heavy atom. The van der Waals surface area contributed by atoms with E-state index in [1.807, 2.05) is 25.1 Å². The predicted molar refractivity (Wildman–Crippen MR) is 108 cm³/mol. The monoisotopic (exact) mass is 425 g/mol. The Morgan fingerprint density at radius 3 is 2.88 bits per heavy atom. The number of amides is 1. The smallest absolute Gasteiger partial charge is 0.240 e. The van der Waals surface area contributed by atoms with Crippen molar-refractivity contribution in [3.05, 3.63) is 23.2 Å². The van der Waals surface area contributed by atoms with Crippen LogP contribution in [0.2, 0.25) is 5.02 Å². The molecule has 3 rings (SSSR count).